The molecule has 20 heavy (non-hydrogen) atoms. The van der Waals surface area contributed by atoms with E-state index in [1.807, 2.05) is 22.6 Å². The van der Waals surface area contributed by atoms with Crippen LogP contribution in [0.5, 0.6) is 0 Å². The molecule has 1 saturated carbocycles. The van der Waals surface area contributed by atoms with Crippen molar-refractivity contribution in [2.45, 2.75) is 31.2 Å². The molecule has 108 valence electrons. The summed E-state index contributed by atoms with van der Waals surface area (Å²) in [6.45, 7) is 0. The molecule has 1 aromatic rings. The van der Waals surface area contributed by atoms with Crippen LogP contribution in [0.15, 0.2) is 12.1 Å². The number of aliphatic carboxylic acids is 1. The highest BCUT2D eigenvalue weighted by Crippen LogP contribution is 2.36. The van der Waals surface area contributed by atoms with Crippen molar-refractivity contribution in [1.82, 2.24) is 5.32 Å². The molecule has 0 saturated heterocycles. The Morgan fingerprint density at radius 3 is 2.50 bits per heavy atom. The van der Waals surface area contributed by atoms with Crippen molar-refractivity contribution in [3.05, 3.63) is 31.3 Å². The van der Waals surface area contributed by atoms with Crippen LogP contribution in [0.25, 0.3) is 0 Å². The smallest absolute Gasteiger partial charge is 0.305 e. The molecule has 0 bridgehead atoms. The number of nitrogens with one attached hydrogen (secondary N) is 1. The molecule has 7 heteroatoms. The number of amides is 1. The molecule has 1 aliphatic carbocycles. The van der Waals surface area contributed by atoms with Crippen LogP contribution in [0.4, 0.5) is 0 Å². The topological polar surface area (TPSA) is 66.4 Å². The van der Waals surface area contributed by atoms with E-state index in [2.05, 4.69) is 5.32 Å². The first-order valence-corrected chi connectivity index (χ1v) is 7.85. The lowest BCUT2D eigenvalue weighted by molar-refractivity contribution is -0.139. The van der Waals surface area contributed by atoms with Crippen molar-refractivity contribution in [3.8, 4) is 0 Å². The standard InChI is InChI=1S/C13H12Cl2INO3/c14-7-4-8(11(16)9(15)5-7)12(20)17-13(2-1-3-13)6-10(18)19/h4-5H,1-3,6H2,(H,17,20)(H,18,19). The van der Waals surface area contributed by atoms with Gasteiger partial charge in [0.1, 0.15) is 0 Å². The van der Waals surface area contributed by atoms with Crippen LogP contribution in [-0.4, -0.2) is 22.5 Å². The molecule has 0 radical (unpaired) electrons. The number of carbonyl (C=O) groups is 2. The number of carboxylic acid groups (broad SMARTS) is 1. The van der Waals surface area contributed by atoms with Crippen molar-refractivity contribution < 1.29 is 14.7 Å². The van der Waals surface area contributed by atoms with Gasteiger partial charge >= 0.3 is 5.97 Å². The minimum Gasteiger partial charge on any atom is -0.481 e. The zero-order chi connectivity index (χ0) is 14.9. The Bertz CT molecular complexity index is 573. The molecule has 2 rings (SSSR count). The van der Waals surface area contributed by atoms with E-state index < -0.39 is 11.5 Å². The van der Waals surface area contributed by atoms with Gasteiger partial charge < -0.3 is 10.4 Å². The van der Waals surface area contributed by atoms with Gasteiger partial charge in [-0.3, -0.25) is 9.59 Å². The molecular weight excluding hydrogens is 416 g/mol. The van der Waals surface area contributed by atoms with Crippen molar-refractivity contribution >= 4 is 57.7 Å². The summed E-state index contributed by atoms with van der Waals surface area (Å²) in [4.78, 5) is 23.2. The lowest BCUT2D eigenvalue weighted by atomic mass is 9.74. The van der Waals surface area contributed by atoms with Gasteiger partial charge in [0.05, 0.1) is 22.5 Å². The molecule has 0 aliphatic heterocycles. The quantitative estimate of drug-likeness (QED) is 0.568. The number of carboxylic acids is 1. The predicted octanol–water partition coefficient (Wildman–Crippen LogP) is 3.73. The largest absolute Gasteiger partial charge is 0.481 e. The van der Waals surface area contributed by atoms with E-state index in [0.717, 1.165) is 6.42 Å². The Balaban J connectivity index is 2.22. The molecule has 0 atom stereocenters. The SMILES string of the molecule is O=C(O)CC1(NC(=O)c2cc(Cl)cc(Cl)c2I)CCC1. The normalized spacial score (nSPS) is 16.4. The van der Waals surface area contributed by atoms with E-state index >= 15 is 0 Å². The predicted molar refractivity (Wildman–Crippen MR) is 85.5 cm³/mol. The van der Waals surface area contributed by atoms with E-state index in [4.69, 9.17) is 28.3 Å². The van der Waals surface area contributed by atoms with E-state index in [0.29, 0.717) is 32.0 Å². The fourth-order valence-corrected chi connectivity index (χ4v) is 3.32. The zero-order valence-electron chi connectivity index (χ0n) is 10.4. The third kappa shape index (κ3) is 3.38. The summed E-state index contributed by atoms with van der Waals surface area (Å²) in [6.07, 6.45) is 2.20. The fourth-order valence-electron chi connectivity index (χ4n) is 2.27. The Morgan fingerprint density at radius 1 is 1.35 bits per heavy atom. The molecule has 1 fully saturated rings. The minimum absolute atomic E-state index is 0.0659. The van der Waals surface area contributed by atoms with E-state index in [1.54, 1.807) is 6.07 Å². The van der Waals surface area contributed by atoms with Crippen LogP contribution < -0.4 is 5.32 Å². The molecule has 0 aromatic heterocycles. The van der Waals surface area contributed by atoms with Gasteiger partial charge in [-0.1, -0.05) is 23.2 Å². The van der Waals surface area contributed by atoms with Crippen LogP contribution >= 0.6 is 45.8 Å². The van der Waals surface area contributed by atoms with Crippen molar-refractivity contribution in [2.75, 3.05) is 0 Å². The van der Waals surface area contributed by atoms with Gasteiger partial charge in [0.2, 0.25) is 0 Å². The fraction of sp³-hybridized carbons (Fsp3) is 0.385. The summed E-state index contributed by atoms with van der Waals surface area (Å²) in [6, 6.07) is 3.11. The highest BCUT2D eigenvalue weighted by Gasteiger charge is 2.40. The summed E-state index contributed by atoms with van der Waals surface area (Å²) in [5.74, 6) is -1.25. The highest BCUT2D eigenvalue weighted by molar-refractivity contribution is 14.1. The molecule has 0 unspecified atom stereocenters. The monoisotopic (exact) mass is 427 g/mol. The average molecular weight is 428 g/mol. The van der Waals surface area contributed by atoms with Crippen LogP contribution in [0.2, 0.25) is 10.0 Å². The van der Waals surface area contributed by atoms with Gasteiger partial charge in [-0.05, 0) is 54.0 Å². The molecule has 1 aliphatic rings. The third-order valence-electron chi connectivity index (χ3n) is 3.42. The zero-order valence-corrected chi connectivity index (χ0v) is 14.1. The van der Waals surface area contributed by atoms with Crippen molar-refractivity contribution in [2.24, 2.45) is 0 Å². The Kier molecular flexibility index (Phi) is 4.81. The summed E-state index contributed by atoms with van der Waals surface area (Å²) in [5.41, 5.74) is -0.263. The second kappa shape index (κ2) is 6.07. The van der Waals surface area contributed by atoms with E-state index in [9.17, 15) is 9.59 Å². The van der Waals surface area contributed by atoms with E-state index in [-0.39, 0.29) is 12.3 Å². The van der Waals surface area contributed by atoms with Crippen molar-refractivity contribution in [1.29, 1.82) is 0 Å². The van der Waals surface area contributed by atoms with E-state index in [1.165, 1.54) is 6.07 Å². The molecule has 4 nitrogen and oxygen atoms in total. The Hall–Kier alpha value is -0.530. The number of hydrogen-bond donors (Lipinski definition) is 2. The molecule has 1 amide bonds. The lowest BCUT2D eigenvalue weighted by Gasteiger charge is -2.41. The molecule has 0 spiro atoms. The van der Waals surface area contributed by atoms with Gasteiger partial charge in [-0.2, -0.15) is 0 Å². The number of carbonyl (C=O) groups excluding carboxylic acids is 1. The number of benzene rings is 1. The van der Waals surface area contributed by atoms with Crippen LogP contribution in [0.3, 0.4) is 0 Å². The van der Waals surface area contributed by atoms with Crippen LogP contribution in [-0.2, 0) is 4.79 Å². The molecule has 2 N–H and O–H groups in total. The van der Waals surface area contributed by atoms with Gasteiger partial charge in [0, 0.05) is 8.59 Å². The summed E-state index contributed by atoms with van der Waals surface area (Å²) in [5, 5.41) is 12.6. The van der Waals surface area contributed by atoms with Crippen molar-refractivity contribution in [3.63, 3.8) is 0 Å². The molecule has 0 heterocycles. The Labute approximate surface area is 140 Å². The summed E-state index contributed by atoms with van der Waals surface area (Å²) >= 11 is 13.9. The van der Waals surface area contributed by atoms with Gasteiger partial charge in [0.15, 0.2) is 0 Å². The van der Waals surface area contributed by atoms with Crippen LogP contribution in [0.1, 0.15) is 36.0 Å². The van der Waals surface area contributed by atoms with Gasteiger partial charge in [-0.15, -0.1) is 0 Å². The number of halogens is 3. The second-order valence-electron chi connectivity index (χ2n) is 4.91. The lowest BCUT2D eigenvalue weighted by Crippen LogP contribution is -2.54. The Morgan fingerprint density at radius 2 is 2.00 bits per heavy atom. The highest BCUT2D eigenvalue weighted by atomic mass is 127. The van der Waals surface area contributed by atoms with Gasteiger partial charge in [-0.25, -0.2) is 0 Å². The van der Waals surface area contributed by atoms with Crippen LogP contribution in [0, 0.1) is 3.57 Å². The third-order valence-corrected chi connectivity index (χ3v) is 5.41. The maximum Gasteiger partial charge on any atom is 0.305 e. The molecular formula is C13H12Cl2INO3. The second-order valence-corrected chi connectivity index (χ2v) is 6.83. The summed E-state index contributed by atoms with van der Waals surface area (Å²) in [7, 11) is 0. The number of hydrogen-bond acceptors (Lipinski definition) is 2. The van der Waals surface area contributed by atoms with Gasteiger partial charge in [0.25, 0.3) is 5.91 Å². The maximum absolute atomic E-state index is 12.3. The first-order valence-electron chi connectivity index (χ1n) is 6.02. The number of rotatable bonds is 4. The first-order chi connectivity index (χ1) is 9.33. The molecule has 1 aromatic carbocycles. The summed E-state index contributed by atoms with van der Waals surface area (Å²) < 4.78 is 0.607. The minimum atomic E-state index is -0.913. The maximum atomic E-state index is 12.3. The average Bonchev–Trinajstić information content (AvgIpc) is 2.30. The first kappa shape index (κ1) is 15.9.